The predicted octanol–water partition coefficient (Wildman–Crippen LogP) is 2.52. The van der Waals surface area contributed by atoms with Crippen molar-refractivity contribution in [1.82, 2.24) is 19.7 Å². The molecule has 112 valence electrons. The van der Waals surface area contributed by atoms with E-state index in [4.69, 9.17) is 11.6 Å². The van der Waals surface area contributed by atoms with Crippen LogP contribution in [0.4, 0.5) is 11.5 Å². The first-order valence-electron chi connectivity index (χ1n) is 7.13. The summed E-state index contributed by atoms with van der Waals surface area (Å²) in [5, 5.41) is 8.00. The monoisotopic (exact) mass is 306 g/mol. The highest BCUT2D eigenvalue weighted by molar-refractivity contribution is 6.32. The van der Waals surface area contributed by atoms with Gasteiger partial charge in [-0.2, -0.15) is 5.10 Å². The zero-order valence-corrected chi connectivity index (χ0v) is 13.0. The Morgan fingerprint density at radius 2 is 2.24 bits per heavy atom. The number of rotatable bonds is 3. The third-order valence-corrected chi connectivity index (χ3v) is 4.12. The van der Waals surface area contributed by atoms with Gasteiger partial charge in [-0.05, 0) is 25.3 Å². The number of nitrogens with one attached hydrogen (secondary N) is 1. The summed E-state index contributed by atoms with van der Waals surface area (Å²) in [7, 11) is 1.84. The van der Waals surface area contributed by atoms with Crippen molar-refractivity contribution in [3.8, 4) is 0 Å². The van der Waals surface area contributed by atoms with Crippen LogP contribution in [0.15, 0.2) is 18.7 Å². The molecule has 2 aromatic rings. The molecule has 0 aliphatic carbocycles. The van der Waals surface area contributed by atoms with Crippen LogP contribution in [0.5, 0.6) is 0 Å². The molecule has 0 saturated carbocycles. The summed E-state index contributed by atoms with van der Waals surface area (Å²) < 4.78 is 2.06. The summed E-state index contributed by atoms with van der Waals surface area (Å²) in [5.74, 6) is 0.867. The molecule has 1 N–H and O–H groups in total. The largest absolute Gasteiger partial charge is 0.383 e. The van der Waals surface area contributed by atoms with Gasteiger partial charge in [0.05, 0.1) is 12.2 Å². The molecule has 3 heterocycles. The van der Waals surface area contributed by atoms with Crippen LogP contribution in [0, 0.1) is 6.92 Å². The number of anilines is 2. The van der Waals surface area contributed by atoms with Crippen LogP contribution in [0.3, 0.4) is 0 Å². The molecular formula is C14H19ClN6. The summed E-state index contributed by atoms with van der Waals surface area (Å²) in [6.07, 6.45) is 7.75. The minimum Gasteiger partial charge on any atom is -0.383 e. The van der Waals surface area contributed by atoms with Crippen molar-refractivity contribution in [1.29, 1.82) is 0 Å². The maximum absolute atomic E-state index is 6.15. The molecule has 1 aliphatic heterocycles. The number of aromatic nitrogens is 4. The van der Waals surface area contributed by atoms with E-state index in [1.54, 1.807) is 0 Å². The Bertz CT molecular complexity index is 626. The van der Waals surface area contributed by atoms with E-state index in [-0.39, 0.29) is 0 Å². The molecule has 1 saturated heterocycles. The van der Waals surface area contributed by atoms with Crippen molar-refractivity contribution >= 4 is 23.1 Å². The molecule has 2 aromatic heterocycles. The van der Waals surface area contributed by atoms with Gasteiger partial charge in [0, 0.05) is 26.3 Å². The van der Waals surface area contributed by atoms with Crippen molar-refractivity contribution in [3.63, 3.8) is 0 Å². The molecule has 3 rings (SSSR count). The van der Waals surface area contributed by atoms with Crippen molar-refractivity contribution < 1.29 is 0 Å². The van der Waals surface area contributed by atoms with Gasteiger partial charge in [-0.15, -0.1) is 0 Å². The average Bonchev–Trinajstić information content (AvgIpc) is 2.94. The van der Waals surface area contributed by atoms with Crippen LogP contribution in [0.25, 0.3) is 0 Å². The normalized spacial score (nSPS) is 18.8. The molecule has 1 atom stereocenters. The fraction of sp³-hybridized carbons (Fsp3) is 0.500. The van der Waals surface area contributed by atoms with Crippen molar-refractivity contribution in [3.05, 3.63) is 29.4 Å². The van der Waals surface area contributed by atoms with E-state index < -0.39 is 0 Å². The SMILES string of the molecule is CNc1c(Cl)ncnc1N1CCCC(n2cc(C)cn2)C1. The molecule has 0 amide bonds. The minimum absolute atomic E-state index is 0.367. The van der Waals surface area contributed by atoms with E-state index in [0.29, 0.717) is 11.2 Å². The zero-order valence-electron chi connectivity index (χ0n) is 12.3. The lowest BCUT2D eigenvalue weighted by atomic mass is 10.1. The quantitative estimate of drug-likeness (QED) is 0.883. The number of aryl methyl sites for hydroxylation is 1. The Labute approximate surface area is 129 Å². The second-order valence-corrected chi connectivity index (χ2v) is 5.71. The Morgan fingerprint density at radius 1 is 1.38 bits per heavy atom. The molecule has 7 heteroatoms. The number of hydrogen-bond donors (Lipinski definition) is 1. The highest BCUT2D eigenvalue weighted by atomic mass is 35.5. The van der Waals surface area contributed by atoms with E-state index in [9.17, 15) is 0 Å². The fourth-order valence-corrected chi connectivity index (χ4v) is 3.03. The van der Waals surface area contributed by atoms with Crippen LogP contribution in [-0.2, 0) is 0 Å². The summed E-state index contributed by atoms with van der Waals surface area (Å²) in [6.45, 7) is 3.91. The first-order valence-corrected chi connectivity index (χ1v) is 7.51. The summed E-state index contributed by atoms with van der Waals surface area (Å²) in [4.78, 5) is 10.7. The van der Waals surface area contributed by atoms with E-state index >= 15 is 0 Å². The Hall–Kier alpha value is -1.82. The van der Waals surface area contributed by atoms with Gasteiger partial charge < -0.3 is 10.2 Å². The fourth-order valence-electron chi connectivity index (χ4n) is 2.81. The Morgan fingerprint density at radius 3 is 2.95 bits per heavy atom. The maximum Gasteiger partial charge on any atom is 0.157 e. The van der Waals surface area contributed by atoms with Crippen LogP contribution >= 0.6 is 11.6 Å². The third kappa shape index (κ3) is 2.81. The lowest BCUT2D eigenvalue weighted by Crippen LogP contribution is -2.37. The zero-order chi connectivity index (χ0) is 14.8. The van der Waals surface area contributed by atoms with Gasteiger partial charge in [0.15, 0.2) is 11.0 Å². The first-order chi connectivity index (χ1) is 10.2. The lowest BCUT2D eigenvalue weighted by Gasteiger charge is -2.34. The van der Waals surface area contributed by atoms with Crippen molar-refractivity contribution in [2.24, 2.45) is 0 Å². The molecule has 0 bridgehead atoms. The average molecular weight is 307 g/mol. The molecule has 1 fully saturated rings. The second kappa shape index (κ2) is 5.89. The number of halogens is 1. The van der Waals surface area contributed by atoms with Crippen LogP contribution in [-0.4, -0.2) is 39.9 Å². The topological polar surface area (TPSA) is 58.9 Å². The smallest absolute Gasteiger partial charge is 0.157 e. The predicted molar refractivity (Wildman–Crippen MR) is 84.0 cm³/mol. The second-order valence-electron chi connectivity index (χ2n) is 5.35. The Kier molecular flexibility index (Phi) is 3.96. The van der Waals surface area contributed by atoms with Gasteiger partial charge >= 0.3 is 0 Å². The third-order valence-electron chi connectivity index (χ3n) is 3.83. The van der Waals surface area contributed by atoms with Gasteiger partial charge in [-0.1, -0.05) is 11.6 Å². The molecule has 0 aromatic carbocycles. The van der Waals surface area contributed by atoms with Gasteiger partial charge in [0.1, 0.15) is 12.0 Å². The van der Waals surface area contributed by atoms with E-state index in [0.717, 1.165) is 37.4 Å². The van der Waals surface area contributed by atoms with E-state index in [2.05, 4.69) is 43.1 Å². The van der Waals surface area contributed by atoms with Crippen LogP contribution in [0.1, 0.15) is 24.4 Å². The number of nitrogens with zero attached hydrogens (tertiary/aromatic N) is 5. The standard InChI is InChI=1S/C14H19ClN6/c1-10-6-19-21(7-10)11-4-3-5-20(8-11)14-12(16-2)13(15)17-9-18-14/h6-7,9,11,16H,3-5,8H2,1-2H3. The molecule has 6 nitrogen and oxygen atoms in total. The first kappa shape index (κ1) is 14.1. The number of hydrogen-bond acceptors (Lipinski definition) is 5. The van der Waals surface area contributed by atoms with Crippen LogP contribution in [0.2, 0.25) is 5.15 Å². The molecular weight excluding hydrogens is 288 g/mol. The van der Waals surface area contributed by atoms with Gasteiger partial charge in [-0.3, -0.25) is 4.68 Å². The summed E-state index contributed by atoms with van der Waals surface area (Å²) in [6, 6.07) is 0.367. The minimum atomic E-state index is 0.367. The molecule has 21 heavy (non-hydrogen) atoms. The summed E-state index contributed by atoms with van der Waals surface area (Å²) in [5.41, 5.74) is 1.98. The molecule has 0 spiro atoms. The van der Waals surface area contributed by atoms with Crippen molar-refractivity contribution in [2.75, 3.05) is 30.4 Å². The number of piperidine rings is 1. The van der Waals surface area contributed by atoms with Gasteiger partial charge in [0.2, 0.25) is 0 Å². The van der Waals surface area contributed by atoms with E-state index in [1.807, 2.05) is 13.2 Å². The van der Waals surface area contributed by atoms with Crippen molar-refractivity contribution in [2.45, 2.75) is 25.8 Å². The lowest BCUT2D eigenvalue weighted by molar-refractivity contribution is 0.375. The Balaban J connectivity index is 1.85. The van der Waals surface area contributed by atoms with Gasteiger partial charge in [0.25, 0.3) is 0 Å². The maximum atomic E-state index is 6.15. The highest BCUT2D eigenvalue weighted by Gasteiger charge is 2.25. The van der Waals surface area contributed by atoms with Crippen LogP contribution < -0.4 is 10.2 Å². The molecule has 1 aliphatic rings. The van der Waals surface area contributed by atoms with E-state index in [1.165, 1.54) is 11.9 Å². The molecule has 1 unspecified atom stereocenters. The van der Waals surface area contributed by atoms with Gasteiger partial charge in [-0.25, -0.2) is 9.97 Å². The summed E-state index contributed by atoms with van der Waals surface area (Å²) >= 11 is 6.15. The molecule has 0 radical (unpaired) electrons. The highest BCUT2D eigenvalue weighted by Crippen LogP contribution is 2.32.